The topological polar surface area (TPSA) is 67.2 Å². The Balaban J connectivity index is 1.71. The van der Waals surface area contributed by atoms with Crippen LogP contribution >= 0.6 is 23.2 Å². The summed E-state index contributed by atoms with van der Waals surface area (Å²) in [6, 6.07) is 14.2. The minimum Gasteiger partial charge on any atom is -0.265 e. The highest BCUT2D eigenvalue weighted by molar-refractivity contribution is 6.30. The van der Waals surface area contributed by atoms with Gasteiger partial charge in [0.2, 0.25) is 0 Å². The number of carbonyl (C=O) groups is 1. The van der Waals surface area contributed by atoms with Gasteiger partial charge >= 0.3 is 0 Å². The quantitative estimate of drug-likeness (QED) is 0.552. The smallest absolute Gasteiger partial charge is 0.265 e. The average molecular weight is 371 g/mol. The van der Waals surface area contributed by atoms with Gasteiger partial charge in [-0.25, -0.2) is 10.4 Å². The van der Waals surface area contributed by atoms with Gasteiger partial charge in [0.1, 0.15) is 5.69 Å². The molecule has 1 heterocycles. The Morgan fingerprint density at radius 2 is 1.60 bits per heavy atom. The molecule has 5 nitrogen and oxygen atoms in total. The van der Waals surface area contributed by atoms with Crippen LogP contribution in [0, 0.1) is 0 Å². The third kappa shape index (κ3) is 4.62. The van der Waals surface area contributed by atoms with E-state index < -0.39 is 5.91 Å². The Morgan fingerprint density at radius 1 is 0.960 bits per heavy atom. The maximum atomic E-state index is 12.2. The van der Waals surface area contributed by atoms with Crippen LogP contribution in [0.3, 0.4) is 0 Å². The number of nitrogens with one attached hydrogen (secondary N) is 1. The standard InChI is InChI=1S/C18H12Cl2N4O/c19-14-5-1-12(2-6-14)9-22-24-18(25)17-11-21-10-16(23-17)13-3-7-15(20)8-4-13/h1-11H,(H,24,25)/b22-9+. The third-order valence-electron chi connectivity index (χ3n) is 3.26. The number of rotatable bonds is 4. The molecule has 0 aliphatic carbocycles. The summed E-state index contributed by atoms with van der Waals surface area (Å²) in [5.74, 6) is -0.450. The van der Waals surface area contributed by atoms with E-state index in [9.17, 15) is 4.79 Å². The first-order chi connectivity index (χ1) is 12.1. The molecule has 0 atom stereocenters. The molecule has 3 aromatic rings. The SMILES string of the molecule is O=C(N/N=C/c1ccc(Cl)cc1)c1cncc(-c2ccc(Cl)cc2)n1. The molecular formula is C18H12Cl2N4O. The number of nitrogens with zero attached hydrogens (tertiary/aromatic N) is 3. The van der Waals surface area contributed by atoms with E-state index >= 15 is 0 Å². The molecule has 3 rings (SSSR count). The minimum absolute atomic E-state index is 0.167. The van der Waals surface area contributed by atoms with Crippen LogP contribution in [0.25, 0.3) is 11.3 Å². The van der Waals surface area contributed by atoms with E-state index in [2.05, 4.69) is 20.5 Å². The van der Waals surface area contributed by atoms with E-state index in [-0.39, 0.29) is 5.69 Å². The normalized spacial score (nSPS) is 10.8. The predicted molar refractivity (Wildman–Crippen MR) is 99.0 cm³/mol. The molecule has 0 spiro atoms. The molecule has 1 aromatic heterocycles. The molecule has 124 valence electrons. The number of amides is 1. The molecule has 0 saturated carbocycles. The molecule has 7 heteroatoms. The molecule has 0 bridgehead atoms. The molecular weight excluding hydrogens is 359 g/mol. The first kappa shape index (κ1) is 17.1. The lowest BCUT2D eigenvalue weighted by Gasteiger charge is -2.03. The van der Waals surface area contributed by atoms with Gasteiger partial charge in [0.05, 0.1) is 24.3 Å². The van der Waals surface area contributed by atoms with Gasteiger partial charge in [0, 0.05) is 15.6 Å². The third-order valence-corrected chi connectivity index (χ3v) is 3.76. The fourth-order valence-electron chi connectivity index (χ4n) is 2.01. The molecule has 0 aliphatic heterocycles. The highest BCUT2D eigenvalue weighted by atomic mass is 35.5. The van der Waals surface area contributed by atoms with Gasteiger partial charge in [-0.1, -0.05) is 47.5 Å². The predicted octanol–water partition coefficient (Wildman–Crippen LogP) is 4.21. The lowest BCUT2D eigenvalue weighted by Crippen LogP contribution is -2.19. The van der Waals surface area contributed by atoms with Crippen molar-refractivity contribution in [2.75, 3.05) is 0 Å². The Hall–Kier alpha value is -2.76. The number of hydrogen-bond acceptors (Lipinski definition) is 4. The van der Waals surface area contributed by atoms with Gasteiger partial charge in [0.15, 0.2) is 0 Å². The summed E-state index contributed by atoms with van der Waals surface area (Å²) < 4.78 is 0. The fourth-order valence-corrected chi connectivity index (χ4v) is 2.26. The van der Waals surface area contributed by atoms with Gasteiger partial charge in [0.25, 0.3) is 5.91 Å². The molecule has 0 fully saturated rings. The van der Waals surface area contributed by atoms with Crippen LogP contribution in [0.2, 0.25) is 10.0 Å². The van der Waals surface area contributed by atoms with Crippen LogP contribution in [0.5, 0.6) is 0 Å². The number of carbonyl (C=O) groups excluding carboxylic acids is 1. The second-order valence-electron chi connectivity index (χ2n) is 5.05. The van der Waals surface area contributed by atoms with Crippen LogP contribution in [0.15, 0.2) is 66.0 Å². The van der Waals surface area contributed by atoms with E-state index in [4.69, 9.17) is 23.2 Å². The first-order valence-electron chi connectivity index (χ1n) is 7.29. The van der Waals surface area contributed by atoms with Crippen LogP contribution in [-0.2, 0) is 0 Å². The minimum atomic E-state index is -0.450. The Bertz CT molecular complexity index is 909. The summed E-state index contributed by atoms with van der Waals surface area (Å²) in [6.45, 7) is 0. The van der Waals surface area contributed by atoms with Crippen molar-refractivity contribution in [2.24, 2.45) is 5.10 Å². The van der Waals surface area contributed by atoms with Crippen LogP contribution < -0.4 is 5.43 Å². The average Bonchev–Trinajstić information content (AvgIpc) is 2.64. The number of halogens is 2. The van der Waals surface area contributed by atoms with Gasteiger partial charge in [-0.2, -0.15) is 5.10 Å². The summed E-state index contributed by atoms with van der Waals surface area (Å²) in [4.78, 5) is 20.5. The highest BCUT2D eigenvalue weighted by Crippen LogP contribution is 2.19. The van der Waals surface area contributed by atoms with Crippen molar-refractivity contribution in [3.8, 4) is 11.3 Å². The van der Waals surface area contributed by atoms with Crippen molar-refractivity contribution in [3.05, 3.63) is 82.2 Å². The van der Waals surface area contributed by atoms with Crippen molar-refractivity contribution in [2.45, 2.75) is 0 Å². The molecule has 0 unspecified atom stereocenters. The summed E-state index contributed by atoms with van der Waals surface area (Å²) in [5, 5.41) is 5.17. The molecule has 25 heavy (non-hydrogen) atoms. The highest BCUT2D eigenvalue weighted by Gasteiger charge is 2.09. The second kappa shape index (κ2) is 7.88. The van der Waals surface area contributed by atoms with E-state index in [0.29, 0.717) is 15.7 Å². The first-order valence-corrected chi connectivity index (χ1v) is 8.04. The van der Waals surface area contributed by atoms with Crippen LogP contribution in [0.1, 0.15) is 16.1 Å². The van der Waals surface area contributed by atoms with Crippen molar-refractivity contribution in [1.29, 1.82) is 0 Å². The number of benzene rings is 2. The summed E-state index contributed by atoms with van der Waals surface area (Å²) in [7, 11) is 0. The van der Waals surface area contributed by atoms with Gasteiger partial charge in [-0.3, -0.25) is 9.78 Å². The van der Waals surface area contributed by atoms with Crippen molar-refractivity contribution in [3.63, 3.8) is 0 Å². The van der Waals surface area contributed by atoms with Crippen LogP contribution in [-0.4, -0.2) is 22.1 Å². The van der Waals surface area contributed by atoms with Crippen LogP contribution in [0.4, 0.5) is 0 Å². The molecule has 0 saturated heterocycles. The Kier molecular flexibility index (Phi) is 5.38. The van der Waals surface area contributed by atoms with Gasteiger partial charge in [-0.15, -0.1) is 0 Å². The maximum absolute atomic E-state index is 12.2. The van der Waals surface area contributed by atoms with Crippen molar-refractivity contribution < 1.29 is 4.79 Å². The lowest BCUT2D eigenvalue weighted by molar-refractivity contribution is 0.0950. The zero-order chi connectivity index (χ0) is 17.6. The molecule has 1 amide bonds. The Labute approximate surface area is 154 Å². The Morgan fingerprint density at radius 3 is 2.28 bits per heavy atom. The number of hydrogen-bond donors (Lipinski definition) is 1. The largest absolute Gasteiger partial charge is 0.291 e. The summed E-state index contributed by atoms with van der Waals surface area (Å²) in [5.41, 5.74) is 4.79. The number of aromatic nitrogens is 2. The van der Waals surface area contributed by atoms with Crippen molar-refractivity contribution >= 4 is 35.3 Å². The molecule has 0 radical (unpaired) electrons. The fraction of sp³-hybridized carbons (Fsp3) is 0. The molecule has 1 N–H and O–H groups in total. The molecule has 2 aromatic carbocycles. The van der Waals surface area contributed by atoms with E-state index in [1.807, 2.05) is 12.1 Å². The van der Waals surface area contributed by atoms with Gasteiger partial charge in [-0.05, 0) is 29.8 Å². The van der Waals surface area contributed by atoms with Crippen molar-refractivity contribution in [1.82, 2.24) is 15.4 Å². The molecule has 0 aliphatic rings. The van der Waals surface area contributed by atoms with E-state index in [1.165, 1.54) is 12.4 Å². The maximum Gasteiger partial charge on any atom is 0.291 e. The van der Waals surface area contributed by atoms with E-state index in [0.717, 1.165) is 11.1 Å². The summed E-state index contributed by atoms with van der Waals surface area (Å²) in [6.07, 6.45) is 4.48. The van der Waals surface area contributed by atoms with E-state index in [1.54, 1.807) is 42.6 Å². The summed E-state index contributed by atoms with van der Waals surface area (Å²) >= 11 is 11.7. The number of hydrazone groups is 1. The lowest BCUT2D eigenvalue weighted by atomic mass is 10.1. The monoisotopic (exact) mass is 370 g/mol. The van der Waals surface area contributed by atoms with Gasteiger partial charge < -0.3 is 0 Å². The second-order valence-corrected chi connectivity index (χ2v) is 5.92. The zero-order valence-electron chi connectivity index (χ0n) is 12.9. The zero-order valence-corrected chi connectivity index (χ0v) is 14.4.